The minimum atomic E-state index is -0.337. The van der Waals surface area contributed by atoms with Crippen LogP contribution in [0.3, 0.4) is 0 Å². The molecular formula is C11H11ClN2O2. The molecule has 1 rings (SSSR count). The normalized spacial score (nSPS) is 9.31. The standard InChI is InChI=1S/C11H11ClN2O2/c1-2-10(15)13-7-14-11(16)8-3-5-9(12)6-4-8/h2-6H,1,7H2,(H,13,15)(H,14,16). The van der Waals surface area contributed by atoms with Gasteiger partial charge in [0.25, 0.3) is 5.91 Å². The van der Waals surface area contributed by atoms with Crippen LogP contribution in [-0.4, -0.2) is 18.5 Å². The van der Waals surface area contributed by atoms with Gasteiger partial charge in [-0.05, 0) is 30.3 Å². The Hall–Kier alpha value is -1.81. The fraction of sp³-hybridized carbons (Fsp3) is 0.0909. The Morgan fingerprint density at radius 1 is 1.25 bits per heavy atom. The van der Waals surface area contributed by atoms with E-state index in [0.717, 1.165) is 6.08 Å². The minimum Gasteiger partial charge on any atom is -0.335 e. The number of carbonyl (C=O) groups excluding carboxylic acids is 2. The maximum Gasteiger partial charge on any atom is 0.252 e. The zero-order valence-electron chi connectivity index (χ0n) is 8.50. The van der Waals surface area contributed by atoms with Crippen LogP contribution < -0.4 is 10.6 Å². The lowest BCUT2D eigenvalue weighted by atomic mass is 10.2. The lowest BCUT2D eigenvalue weighted by Gasteiger charge is -2.05. The smallest absolute Gasteiger partial charge is 0.252 e. The molecule has 0 aliphatic rings. The minimum absolute atomic E-state index is 0.0618. The molecule has 0 spiro atoms. The molecule has 1 aromatic rings. The summed E-state index contributed by atoms with van der Waals surface area (Å²) in [6.07, 6.45) is 1.13. The molecule has 2 amide bonds. The highest BCUT2D eigenvalue weighted by atomic mass is 35.5. The third kappa shape index (κ3) is 3.74. The Bertz CT molecular complexity index is 401. The zero-order chi connectivity index (χ0) is 12.0. The summed E-state index contributed by atoms with van der Waals surface area (Å²) < 4.78 is 0. The first-order valence-electron chi connectivity index (χ1n) is 4.57. The largest absolute Gasteiger partial charge is 0.335 e. The number of halogens is 1. The number of rotatable bonds is 4. The fourth-order valence-electron chi connectivity index (χ4n) is 0.987. The summed E-state index contributed by atoms with van der Waals surface area (Å²) in [7, 11) is 0. The van der Waals surface area contributed by atoms with E-state index in [1.807, 2.05) is 0 Å². The van der Waals surface area contributed by atoms with Crippen LogP contribution in [0.2, 0.25) is 5.02 Å². The van der Waals surface area contributed by atoms with Crippen LogP contribution in [0.1, 0.15) is 10.4 Å². The highest BCUT2D eigenvalue weighted by Gasteiger charge is 2.04. The molecule has 0 bridgehead atoms. The van der Waals surface area contributed by atoms with E-state index >= 15 is 0 Å². The topological polar surface area (TPSA) is 58.2 Å². The molecule has 0 saturated carbocycles. The predicted molar refractivity (Wildman–Crippen MR) is 62.1 cm³/mol. The summed E-state index contributed by atoms with van der Waals surface area (Å²) in [6, 6.07) is 6.46. The number of benzene rings is 1. The summed E-state index contributed by atoms with van der Waals surface area (Å²) in [5.74, 6) is -0.613. The van der Waals surface area contributed by atoms with Crippen LogP contribution in [-0.2, 0) is 4.79 Å². The van der Waals surface area contributed by atoms with Gasteiger partial charge in [-0.3, -0.25) is 9.59 Å². The maximum atomic E-state index is 11.5. The van der Waals surface area contributed by atoms with E-state index in [0.29, 0.717) is 10.6 Å². The number of nitrogens with one attached hydrogen (secondary N) is 2. The van der Waals surface area contributed by atoms with Crippen LogP contribution in [0.5, 0.6) is 0 Å². The molecule has 0 atom stereocenters. The quantitative estimate of drug-likeness (QED) is 0.614. The van der Waals surface area contributed by atoms with Crippen molar-refractivity contribution in [2.45, 2.75) is 0 Å². The summed E-state index contributed by atoms with van der Waals surface area (Å²) in [6.45, 7) is 3.35. The second-order valence-corrected chi connectivity index (χ2v) is 3.37. The highest BCUT2D eigenvalue weighted by Crippen LogP contribution is 2.08. The van der Waals surface area contributed by atoms with E-state index in [1.165, 1.54) is 0 Å². The first-order valence-corrected chi connectivity index (χ1v) is 4.95. The third-order valence-electron chi connectivity index (χ3n) is 1.80. The zero-order valence-corrected chi connectivity index (χ0v) is 9.25. The molecule has 0 heterocycles. The predicted octanol–water partition coefficient (Wildman–Crippen LogP) is 1.33. The molecule has 84 valence electrons. The molecule has 2 N–H and O–H groups in total. The first kappa shape index (κ1) is 12.3. The van der Waals surface area contributed by atoms with Gasteiger partial charge in [0.1, 0.15) is 0 Å². The number of carbonyl (C=O) groups is 2. The Morgan fingerprint density at radius 2 is 1.88 bits per heavy atom. The van der Waals surface area contributed by atoms with Gasteiger partial charge in [0, 0.05) is 10.6 Å². The van der Waals surface area contributed by atoms with Crippen LogP contribution in [0.15, 0.2) is 36.9 Å². The summed E-state index contributed by atoms with van der Waals surface area (Å²) in [5, 5.41) is 5.52. The van der Waals surface area contributed by atoms with Crippen molar-refractivity contribution in [3.63, 3.8) is 0 Å². The van der Waals surface area contributed by atoms with E-state index in [-0.39, 0.29) is 18.5 Å². The lowest BCUT2D eigenvalue weighted by molar-refractivity contribution is -0.116. The monoisotopic (exact) mass is 238 g/mol. The van der Waals surface area contributed by atoms with Crippen molar-refractivity contribution in [2.24, 2.45) is 0 Å². The van der Waals surface area contributed by atoms with Crippen LogP contribution in [0.4, 0.5) is 0 Å². The van der Waals surface area contributed by atoms with Gasteiger partial charge < -0.3 is 10.6 Å². The molecule has 4 nitrogen and oxygen atoms in total. The van der Waals surface area contributed by atoms with Gasteiger partial charge in [-0.1, -0.05) is 18.2 Å². The van der Waals surface area contributed by atoms with Crippen LogP contribution in [0, 0.1) is 0 Å². The highest BCUT2D eigenvalue weighted by molar-refractivity contribution is 6.30. The molecule has 0 radical (unpaired) electrons. The van der Waals surface area contributed by atoms with Gasteiger partial charge in [0.2, 0.25) is 5.91 Å². The Labute approximate surface area is 98.3 Å². The molecule has 0 unspecified atom stereocenters. The molecular weight excluding hydrogens is 228 g/mol. The average molecular weight is 239 g/mol. The average Bonchev–Trinajstić information content (AvgIpc) is 2.29. The summed E-state index contributed by atoms with van der Waals surface area (Å²) in [5.41, 5.74) is 0.484. The Morgan fingerprint density at radius 3 is 2.44 bits per heavy atom. The van der Waals surface area contributed by atoms with Crippen LogP contribution >= 0.6 is 11.6 Å². The van der Waals surface area contributed by atoms with Crippen molar-refractivity contribution in [1.82, 2.24) is 10.6 Å². The molecule has 5 heteroatoms. The van der Waals surface area contributed by atoms with Gasteiger partial charge in [-0.25, -0.2) is 0 Å². The van der Waals surface area contributed by atoms with Crippen molar-refractivity contribution in [3.05, 3.63) is 47.5 Å². The number of hydrogen-bond acceptors (Lipinski definition) is 2. The van der Waals surface area contributed by atoms with Crippen molar-refractivity contribution >= 4 is 23.4 Å². The van der Waals surface area contributed by atoms with E-state index in [2.05, 4.69) is 17.2 Å². The van der Waals surface area contributed by atoms with E-state index < -0.39 is 0 Å². The summed E-state index contributed by atoms with van der Waals surface area (Å²) in [4.78, 5) is 22.3. The fourth-order valence-corrected chi connectivity index (χ4v) is 1.11. The molecule has 0 aliphatic heterocycles. The van der Waals surface area contributed by atoms with Crippen molar-refractivity contribution in [2.75, 3.05) is 6.67 Å². The van der Waals surface area contributed by atoms with Gasteiger partial charge in [0.05, 0.1) is 6.67 Å². The second kappa shape index (κ2) is 5.92. The SMILES string of the molecule is C=CC(=O)NCNC(=O)c1ccc(Cl)cc1. The number of amides is 2. The Kier molecular flexibility index (Phi) is 4.54. The molecule has 0 saturated heterocycles. The van der Waals surface area contributed by atoms with Gasteiger partial charge in [-0.15, -0.1) is 0 Å². The van der Waals surface area contributed by atoms with Gasteiger partial charge in [-0.2, -0.15) is 0 Å². The van der Waals surface area contributed by atoms with E-state index in [9.17, 15) is 9.59 Å². The maximum absolute atomic E-state index is 11.5. The number of hydrogen-bond donors (Lipinski definition) is 2. The molecule has 1 aromatic carbocycles. The lowest BCUT2D eigenvalue weighted by Crippen LogP contribution is -2.36. The second-order valence-electron chi connectivity index (χ2n) is 2.93. The van der Waals surface area contributed by atoms with Gasteiger partial charge >= 0.3 is 0 Å². The molecule has 16 heavy (non-hydrogen) atoms. The summed E-state index contributed by atoms with van der Waals surface area (Å²) >= 11 is 5.68. The third-order valence-corrected chi connectivity index (χ3v) is 2.06. The van der Waals surface area contributed by atoms with E-state index in [1.54, 1.807) is 24.3 Å². The Balaban J connectivity index is 2.44. The van der Waals surface area contributed by atoms with Crippen molar-refractivity contribution < 1.29 is 9.59 Å². The van der Waals surface area contributed by atoms with E-state index in [4.69, 9.17) is 11.6 Å². The first-order chi connectivity index (χ1) is 7.63. The molecule has 0 fully saturated rings. The van der Waals surface area contributed by atoms with Gasteiger partial charge in [0.15, 0.2) is 0 Å². The van der Waals surface area contributed by atoms with Crippen molar-refractivity contribution in [3.8, 4) is 0 Å². The van der Waals surface area contributed by atoms with Crippen LogP contribution in [0.25, 0.3) is 0 Å². The molecule has 0 aromatic heterocycles. The van der Waals surface area contributed by atoms with Crippen molar-refractivity contribution in [1.29, 1.82) is 0 Å². The molecule has 0 aliphatic carbocycles.